The van der Waals surface area contributed by atoms with Gasteiger partial charge in [-0.1, -0.05) is 13.0 Å². The average Bonchev–Trinajstić information content (AvgIpc) is 2.90. The Morgan fingerprint density at radius 1 is 1.26 bits per heavy atom. The Morgan fingerprint density at radius 3 is 2.52 bits per heavy atom. The van der Waals surface area contributed by atoms with Crippen molar-refractivity contribution in [2.75, 3.05) is 0 Å². The number of aliphatic hydroxyl groups excluding tert-OH is 1. The zero-order chi connectivity index (χ0) is 17.1. The lowest BCUT2D eigenvalue weighted by Crippen LogP contribution is -2.34. The van der Waals surface area contributed by atoms with Gasteiger partial charge in [-0.2, -0.15) is 0 Å². The van der Waals surface area contributed by atoms with Gasteiger partial charge in [0.2, 0.25) is 0 Å². The van der Waals surface area contributed by atoms with Crippen LogP contribution in [0.4, 0.5) is 8.78 Å². The molecule has 2 aromatic rings. The summed E-state index contributed by atoms with van der Waals surface area (Å²) in [6.45, 7) is 7.86. The normalized spacial score (nSPS) is 15.4. The van der Waals surface area contributed by atoms with Crippen LogP contribution < -0.4 is 5.32 Å². The van der Waals surface area contributed by atoms with Crippen molar-refractivity contribution in [3.8, 4) is 0 Å². The van der Waals surface area contributed by atoms with E-state index in [0.29, 0.717) is 5.56 Å². The second-order valence-electron chi connectivity index (χ2n) is 5.71. The second kappa shape index (κ2) is 7.47. The first kappa shape index (κ1) is 18.0. The molecular formula is C17H22F2N2OS. The fourth-order valence-corrected chi connectivity index (χ4v) is 3.58. The highest BCUT2D eigenvalue weighted by molar-refractivity contribution is 7.11. The fourth-order valence-electron chi connectivity index (χ4n) is 2.56. The summed E-state index contributed by atoms with van der Waals surface area (Å²) in [6, 6.07) is 3.17. The summed E-state index contributed by atoms with van der Waals surface area (Å²) in [5, 5.41) is 14.8. The maximum Gasteiger partial charge on any atom is 0.159 e. The van der Waals surface area contributed by atoms with Crippen LogP contribution in [-0.4, -0.2) is 16.1 Å². The van der Waals surface area contributed by atoms with Crippen LogP contribution >= 0.6 is 11.3 Å². The van der Waals surface area contributed by atoms with Crippen molar-refractivity contribution < 1.29 is 13.9 Å². The summed E-state index contributed by atoms with van der Waals surface area (Å²) in [7, 11) is 0. The van der Waals surface area contributed by atoms with Crippen molar-refractivity contribution in [3.63, 3.8) is 0 Å². The standard InChI is InChI=1S/C17H22F2N2OS/c1-5-15-21-11(4)17(23-15)10(3)20-9(2)16(22)12-6-7-13(18)14(19)8-12/h6-10,16,20,22H,5H2,1-4H3. The molecule has 6 heteroatoms. The number of aromatic nitrogens is 1. The molecule has 1 aromatic heterocycles. The van der Waals surface area contributed by atoms with Gasteiger partial charge in [0, 0.05) is 17.0 Å². The van der Waals surface area contributed by atoms with Gasteiger partial charge in [-0.15, -0.1) is 11.3 Å². The summed E-state index contributed by atoms with van der Waals surface area (Å²) in [6.07, 6.45) is -0.0305. The molecule has 0 amide bonds. The first-order chi connectivity index (χ1) is 10.8. The molecule has 0 radical (unpaired) electrons. The molecule has 3 atom stereocenters. The van der Waals surface area contributed by atoms with Crippen LogP contribution in [0.5, 0.6) is 0 Å². The Bertz CT molecular complexity index is 675. The van der Waals surface area contributed by atoms with Crippen LogP contribution in [0.3, 0.4) is 0 Å². The van der Waals surface area contributed by atoms with Gasteiger partial charge < -0.3 is 10.4 Å². The van der Waals surface area contributed by atoms with Crippen molar-refractivity contribution >= 4 is 11.3 Å². The van der Waals surface area contributed by atoms with E-state index in [4.69, 9.17) is 0 Å². The summed E-state index contributed by atoms with van der Waals surface area (Å²) in [5.41, 5.74) is 1.34. The van der Waals surface area contributed by atoms with Gasteiger partial charge in [-0.25, -0.2) is 13.8 Å². The van der Waals surface area contributed by atoms with Crippen LogP contribution in [0.25, 0.3) is 0 Å². The van der Waals surface area contributed by atoms with E-state index in [1.807, 2.05) is 20.8 Å². The molecule has 0 aliphatic rings. The van der Waals surface area contributed by atoms with E-state index in [0.717, 1.165) is 34.1 Å². The molecule has 1 heterocycles. The van der Waals surface area contributed by atoms with Gasteiger partial charge in [0.15, 0.2) is 11.6 Å². The number of aliphatic hydroxyl groups is 1. The summed E-state index contributed by atoms with van der Waals surface area (Å²) >= 11 is 1.66. The predicted molar refractivity (Wildman–Crippen MR) is 88.6 cm³/mol. The van der Waals surface area contributed by atoms with Gasteiger partial charge in [0.25, 0.3) is 0 Å². The Kier molecular flexibility index (Phi) is 5.84. The lowest BCUT2D eigenvalue weighted by molar-refractivity contribution is 0.130. The number of hydrogen-bond donors (Lipinski definition) is 2. The monoisotopic (exact) mass is 340 g/mol. The molecule has 0 aliphatic carbocycles. The molecule has 0 saturated carbocycles. The topological polar surface area (TPSA) is 45.2 Å². The summed E-state index contributed by atoms with van der Waals surface area (Å²) < 4.78 is 26.3. The molecular weight excluding hydrogens is 318 g/mol. The molecule has 2 rings (SSSR count). The number of aryl methyl sites for hydroxylation is 2. The van der Waals surface area contributed by atoms with Crippen molar-refractivity contribution in [2.45, 2.75) is 52.3 Å². The zero-order valence-corrected chi connectivity index (χ0v) is 14.5. The first-order valence-corrected chi connectivity index (χ1v) is 8.50. The summed E-state index contributed by atoms with van der Waals surface area (Å²) in [4.78, 5) is 5.64. The van der Waals surface area contributed by atoms with Gasteiger partial charge in [0.1, 0.15) is 0 Å². The van der Waals surface area contributed by atoms with E-state index >= 15 is 0 Å². The van der Waals surface area contributed by atoms with E-state index < -0.39 is 17.7 Å². The van der Waals surface area contributed by atoms with Crippen LogP contribution in [0.15, 0.2) is 18.2 Å². The van der Waals surface area contributed by atoms with Crippen LogP contribution in [0, 0.1) is 18.6 Å². The molecule has 0 saturated heterocycles. The number of thiazole rings is 1. The third-order valence-corrected chi connectivity index (χ3v) is 5.33. The van der Waals surface area contributed by atoms with Crippen LogP contribution in [0.1, 0.15) is 54.1 Å². The zero-order valence-electron chi connectivity index (χ0n) is 13.7. The molecule has 0 bridgehead atoms. The maximum atomic E-state index is 13.3. The SMILES string of the molecule is CCc1nc(C)c(C(C)NC(C)C(O)c2ccc(F)c(F)c2)s1. The van der Waals surface area contributed by atoms with Crippen molar-refractivity contribution in [2.24, 2.45) is 0 Å². The minimum Gasteiger partial charge on any atom is -0.387 e. The van der Waals surface area contributed by atoms with Crippen molar-refractivity contribution in [1.82, 2.24) is 10.3 Å². The molecule has 1 aromatic carbocycles. The van der Waals surface area contributed by atoms with E-state index in [1.165, 1.54) is 6.07 Å². The Labute approximate surface area is 139 Å². The van der Waals surface area contributed by atoms with Gasteiger partial charge in [0.05, 0.1) is 16.8 Å². The van der Waals surface area contributed by atoms with Gasteiger partial charge in [-0.3, -0.25) is 0 Å². The third-order valence-electron chi connectivity index (χ3n) is 3.84. The quantitative estimate of drug-likeness (QED) is 0.833. The van der Waals surface area contributed by atoms with Gasteiger partial charge in [-0.05, 0) is 44.9 Å². The number of hydrogen-bond acceptors (Lipinski definition) is 4. The summed E-state index contributed by atoms with van der Waals surface area (Å²) in [5.74, 6) is -1.87. The van der Waals surface area contributed by atoms with Crippen LogP contribution in [-0.2, 0) is 6.42 Å². The molecule has 126 valence electrons. The first-order valence-electron chi connectivity index (χ1n) is 7.68. The number of halogens is 2. The Balaban J connectivity index is 2.08. The van der Waals surface area contributed by atoms with E-state index in [2.05, 4.69) is 17.2 Å². The highest BCUT2D eigenvalue weighted by Gasteiger charge is 2.22. The Morgan fingerprint density at radius 2 is 1.96 bits per heavy atom. The molecule has 0 spiro atoms. The predicted octanol–water partition coefficient (Wildman–Crippen LogP) is 4.06. The molecule has 23 heavy (non-hydrogen) atoms. The van der Waals surface area contributed by atoms with Crippen LogP contribution in [0.2, 0.25) is 0 Å². The molecule has 0 fully saturated rings. The Hall–Kier alpha value is -1.37. The third kappa shape index (κ3) is 4.13. The number of rotatable bonds is 6. The second-order valence-corrected chi connectivity index (χ2v) is 6.82. The van der Waals surface area contributed by atoms with Gasteiger partial charge >= 0.3 is 0 Å². The lowest BCUT2D eigenvalue weighted by Gasteiger charge is -2.24. The van der Waals surface area contributed by atoms with Crippen molar-refractivity contribution in [3.05, 3.63) is 51.0 Å². The molecule has 2 N–H and O–H groups in total. The van der Waals surface area contributed by atoms with E-state index in [9.17, 15) is 13.9 Å². The molecule has 0 aliphatic heterocycles. The highest BCUT2D eigenvalue weighted by Crippen LogP contribution is 2.27. The van der Waals surface area contributed by atoms with E-state index in [-0.39, 0.29) is 12.1 Å². The maximum absolute atomic E-state index is 13.3. The minimum atomic E-state index is -0.951. The average molecular weight is 340 g/mol. The number of benzene rings is 1. The lowest BCUT2D eigenvalue weighted by atomic mass is 10.0. The number of nitrogens with zero attached hydrogens (tertiary/aromatic N) is 1. The number of nitrogens with one attached hydrogen (secondary N) is 1. The molecule has 3 unspecified atom stereocenters. The largest absolute Gasteiger partial charge is 0.387 e. The highest BCUT2D eigenvalue weighted by atomic mass is 32.1. The smallest absolute Gasteiger partial charge is 0.159 e. The minimum absolute atomic E-state index is 0.0164. The van der Waals surface area contributed by atoms with E-state index in [1.54, 1.807) is 11.3 Å². The van der Waals surface area contributed by atoms with Crippen molar-refractivity contribution in [1.29, 1.82) is 0 Å². The fraction of sp³-hybridized carbons (Fsp3) is 0.471. The molecule has 3 nitrogen and oxygen atoms in total.